The Balaban J connectivity index is 1.79. The zero-order chi connectivity index (χ0) is 15.9. The highest BCUT2D eigenvalue weighted by molar-refractivity contribution is 5.92. The van der Waals surface area contributed by atoms with Gasteiger partial charge in [-0.2, -0.15) is 5.26 Å². The molecule has 1 aromatic rings. The van der Waals surface area contributed by atoms with Crippen molar-refractivity contribution in [2.24, 2.45) is 0 Å². The van der Waals surface area contributed by atoms with Crippen LogP contribution < -0.4 is 5.32 Å². The molecule has 2 rings (SSSR count). The van der Waals surface area contributed by atoms with E-state index in [0.29, 0.717) is 23.7 Å². The van der Waals surface area contributed by atoms with Gasteiger partial charge in [-0.05, 0) is 52.2 Å². The summed E-state index contributed by atoms with van der Waals surface area (Å²) in [6.07, 6.45) is 2.76. The average Bonchev–Trinajstić information content (AvgIpc) is 2.54. The summed E-state index contributed by atoms with van der Waals surface area (Å²) in [6.45, 7) is 2.99. The second-order valence-electron chi connectivity index (χ2n) is 5.97. The summed E-state index contributed by atoms with van der Waals surface area (Å²) >= 11 is 0. The maximum absolute atomic E-state index is 12.1. The Morgan fingerprint density at radius 3 is 2.77 bits per heavy atom. The zero-order valence-electron chi connectivity index (χ0n) is 13.4. The highest BCUT2D eigenvalue weighted by Gasteiger charge is 2.20. The van der Waals surface area contributed by atoms with E-state index < -0.39 is 0 Å². The summed E-state index contributed by atoms with van der Waals surface area (Å²) < 4.78 is 0. The number of para-hydroxylation sites is 1. The number of piperidine rings is 1. The van der Waals surface area contributed by atoms with Crippen LogP contribution in [0.15, 0.2) is 24.3 Å². The molecule has 22 heavy (non-hydrogen) atoms. The van der Waals surface area contributed by atoms with Crippen molar-refractivity contribution in [3.8, 4) is 6.07 Å². The van der Waals surface area contributed by atoms with Gasteiger partial charge in [0.1, 0.15) is 6.07 Å². The first-order valence-electron chi connectivity index (χ1n) is 7.78. The highest BCUT2D eigenvalue weighted by Crippen LogP contribution is 2.16. The number of nitrogens with zero attached hydrogens (tertiary/aromatic N) is 3. The minimum absolute atomic E-state index is 0.0394. The van der Waals surface area contributed by atoms with E-state index in [1.165, 1.54) is 0 Å². The SMILES string of the molecule is CN1CCC(N(C)CCC(=O)Nc2ccccc2C#N)CC1. The lowest BCUT2D eigenvalue weighted by Crippen LogP contribution is -2.42. The maximum Gasteiger partial charge on any atom is 0.225 e. The quantitative estimate of drug-likeness (QED) is 0.902. The third-order valence-corrected chi connectivity index (χ3v) is 4.32. The molecule has 0 unspecified atom stereocenters. The molecule has 0 atom stereocenters. The molecule has 1 aliphatic rings. The third kappa shape index (κ3) is 4.55. The lowest BCUT2D eigenvalue weighted by Gasteiger charge is -2.35. The number of nitriles is 1. The number of carbonyl (C=O) groups is 1. The third-order valence-electron chi connectivity index (χ3n) is 4.32. The van der Waals surface area contributed by atoms with Gasteiger partial charge in [-0.1, -0.05) is 12.1 Å². The van der Waals surface area contributed by atoms with Crippen LogP contribution in [-0.2, 0) is 4.79 Å². The number of carbonyl (C=O) groups excluding carboxylic acids is 1. The van der Waals surface area contributed by atoms with Gasteiger partial charge in [0.25, 0.3) is 0 Å². The fourth-order valence-electron chi connectivity index (χ4n) is 2.80. The van der Waals surface area contributed by atoms with Gasteiger partial charge in [-0.3, -0.25) is 4.79 Å². The normalized spacial score (nSPS) is 16.5. The van der Waals surface area contributed by atoms with Gasteiger partial charge in [0.2, 0.25) is 5.91 Å². The summed E-state index contributed by atoms with van der Waals surface area (Å²) in [4.78, 5) is 16.7. The predicted molar refractivity (Wildman–Crippen MR) is 87.6 cm³/mol. The molecule has 5 nitrogen and oxygen atoms in total. The highest BCUT2D eigenvalue weighted by atomic mass is 16.1. The minimum Gasteiger partial charge on any atom is -0.325 e. The molecule has 1 saturated heterocycles. The Morgan fingerprint density at radius 2 is 2.09 bits per heavy atom. The summed E-state index contributed by atoms with van der Waals surface area (Å²) in [5, 5.41) is 11.9. The largest absolute Gasteiger partial charge is 0.325 e. The van der Waals surface area contributed by atoms with Gasteiger partial charge in [0.05, 0.1) is 11.3 Å². The molecule has 0 aliphatic carbocycles. The monoisotopic (exact) mass is 300 g/mol. The van der Waals surface area contributed by atoms with E-state index in [0.717, 1.165) is 32.5 Å². The van der Waals surface area contributed by atoms with Gasteiger partial charge in [0.15, 0.2) is 0 Å². The molecular weight excluding hydrogens is 276 g/mol. The maximum atomic E-state index is 12.1. The van der Waals surface area contributed by atoms with Crippen molar-refractivity contribution in [2.75, 3.05) is 39.0 Å². The summed E-state index contributed by atoms with van der Waals surface area (Å²) in [5.41, 5.74) is 1.09. The lowest BCUT2D eigenvalue weighted by atomic mass is 10.0. The van der Waals surface area contributed by atoms with Crippen LogP contribution in [0.2, 0.25) is 0 Å². The molecule has 0 saturated carbocycles. The van der Waals surface area contributed by atoms with Crippen LogP contribution in [0.3, 0.4) is 0 Å². The van der Waals surface area contributed by atoms with Crippen molar-refractivity contribution < 1.29 is 4.79 Å². The molecule has 1 aliphatic heterocycles. The molecule has 1 heterocycles. The number of anilines is 1. The van der Waals surface area contributed by atoms with Crippen LogP contribution in [0.4, 0.5) is 5.69 Å². The second-order valence-corrected chi connectivity index (χ2v) is 5.97. The lowest BCUT2D eigenvalue weighted by molar-refractivity contribution is -0.116. The number of benzene rings is 1. The van der Waals surface area contributed by atoms with Gasteiger partial charge in [-0.25, -0.2) is 0 Å². The minimum atomic E-state index is -0.0394. The summed E-state index contributed by atoms with van der Waals surface area (Å²) in [7, 11) is 4.24. The van der Waals surface area contributed by atoms with Crippen molar-refractivity contribution >= 4 is 11.6 Å². The van der Waals surface area contributed by atoms with Crippen molar-refractivity contribution in [1.82, 2.24) is 9.80 Å². The van der Waals surface area contributed by atoms with Crippen LogP contribution in [0.5, 0.6) is 0 Å². The number of nitrogens with one attached hydrogen (secondary N) is 1. The van der Waals surface area contributed by atoms with E-state index >= 15 is 0 Å². The molecular formula is C17H24N4O. The number of hydrogen-bond acceptors (Lipinski definition) is 4. The van der Waals surface area contributed by atoms with Gasteiger partial charge < -0.3 is 15.1 Å². The Bertz CT molecular complexity index is 544. The van der Waals surface area contributed by atoms with E-state index in [1.807, 2.05) is 6.07 Å². The van der Waals surface area contributed by atoms with E-state index in [9.17, 15) is 4.79 Å². The summed E-state index contributed by atoms with van der Waals surface area (Å²) in [5.74, 6) is -0.0394. The molecule has 1 N–H and O–H groups in total. The molecule has 1 fully saturated rings. The fraction of sp³-hybridized carbons (Fsp3) is 0.529. The predicted octanol–water partition coefficient (Wildman–Crippen LogP) is 1.91. The van der Waals surface area contributed by atoms with Crippen LogP contribution in [0, 0.1) is 11.3 Å². The number of likely N-dealkylation sites (tertiary alicyclic amines) is 1. The second kappa shape index (κ2) is 7.92. The number of hydrogen-bond donors (Lipinski definition) is 1. The van der Waals surface area contributed by atoms with Crippen molar-refractivity contribution in [2.45, 2.75) is 25.3 Å². The average molecular weight is 300 g/mol. The van der Waals surface area contributed by atoms with E-state index in [1.54, 1.807) is 18.2 Å². The van der Waals surface area contributed by atoms with E-state index in [-0.39, 0.29) is 5.91 Å². The first kappa shape index (κ1) is 16.5. The Morgan fingerprint density at radius 1 is 1.41 bits per heavy atom. The molecule has 0 spiro atoms. The van der Waals surface area contributed by atoms with Crippen molar-refractivity contribution in [1.29, 1.82) is 5.26 Å². The van der Waals surface area contributed by atoms with Gasteiger partial charge >= 0.3 is 0 Å². The molecule has 0 bridgehead atoms. The van der Waals surface area contributed by atoms with E-state index in [2.05, 4.69) is 35.3 Å². The number of amides is 1. The molecule has 1 aromatic carbocycles. The van der Waals surface area contributed by atoms with Gasteiger partial charge in [-0.15, -0.1) is 0 Å². The van der Waals surface area contributed by atoms with E-state index in [4.69, 9.17) is 5.26 Å². The topological polar surface area (TPSA) is 59.4 Å². The molecule has 1 amide bonds. The smallest absolute Gasteiger partial charge is 0.225 e. The molecule has 5 heteroatoms. The Kier molecular flexibility index (Phi) is 5.93. The first-order chi connectivity index (χ1) is 10.6. The fourth-order valence-corrected chi connectivity index (χ4v) is 2.80. The van der Waals surface area contributed by atoms with Crippen LogP contribution >= 0.6 is 0 Å². The van der Waals surface area contributed by atoms with Crippen molar-refractivity contribution in [3.05, 3.63) is 29.8 Å². The van der Waals surface area contributed by atoms with Gasteiger partial charge in [0, 0.05) is 19.0 Å². The van der Waals surface area contributed by atoms with Crippen LogP contribution in [0.1, 0.15) is 24.8 Å². The molecule has 0 aromatic heterocycles. The standard InChI is InChI=1S/C17H24N4O/c1-20-10-7-15(8-11-20)21(2)12-9-17(22)19-16-6-4-3-5-14(16)13-18/h3-6,15H,7-12H2,1-2H3,(H,19,22). The Hall–Kier alpha value is -1.90. The van der Waals surface area contributed by atoms with Crippen LogP contribution in [-0.4, -0.2) is 55.5 Å². The van der Waals surface area contributed by atoms with Crippen LogP contribution in [0.25, 0.3) is 0 Å². The molecule has 118 valence electrons. The van der Waals surface area contributed by atoms with Crippen molar-refractivity contribution in [3.63, 3.8) is 0 Å². The summed E-state index contributed by atoms with van der Waals surface area (Å²) in [6, 6.07) is 9.74. The first-order valence-corrected chi connectivity index (χ1v) is 7.78. The molecule has 0 radical (unpaired) electrons. The zero-order valence-corrected chi connectivity index (χ0v) is 13.4. The number of rotatable bonds is 5. The Labute approximate surface area is 132 Å².